The van der Waals surface area contributed by atoms with E-state index in [0.717, 1.165) is 24.2 Å². The van der Waals surface area contributed by atoms with Crippen LogP contribution in [0, 0.1) is 0 Å². The molecule has 0 radical (unpaired) electrons. The highest BCUT2D eigenvalue weighted by atomic mass is 16.1. The van der Waals surface area contributed by atoms with Gasteiger partial charge in [-0.1, -0.05) is 18.2 Å². The summed E-state index contributed by atoms with van der Waals surface area (Å²) in [5.74, 6) is 0.0617. The molecule has 0 aliphatic carbocycles. The molecule has 120 valence electrons. The first-order valence-electron chi connectivity index (χ1n) is 8.05. The van der Waals surface area contributed by atoms with E-state index in [4.69, 9.17) is 0 Å². The summed E-state index contributed by atoms with van der Waals surface area (Å²) in [6.07, 6.45) is 4.98. The highest BCUT2D eigenvalue weighted by molar-refractivity contribution is 5.84. The lowest BCUT2D eigenvalue weighted by Crippen LogP contribution is -2.28. The molecule has 1 amide bonds. The Morgan fingerprint density at radius 1 is 1.35 bits per heavy atom. The summed E-state index contributed by atoms with van der Waals surface area (Å²) in [5, 5.41) is 8.49. The number of fused-ring (bicyclic) bond motifs is 1. The summed E-state index contributed by atoms with van der Waals surface area (Å²) in [6.45, 7) is 4.84. The Bertz CT molecular complexity index is 802. The molecule has 0 spiro atoms. The fraction of sp³-hybridized carbons (Fsp3) is 0.333. The van der Waals surface area contributed by atoms with Crippen molar-refractivity contribution < 1.29 is 4.79 Å². The number of aryl methyl sites for hydroxylation is 2. The topological polar surface area (TPSA) is 62.7 Å². The second-order valence-corrected chi connectivity index (χ2v) is 5.72. The number of H-pyrrole nitrogens is 1. The SMILES string of the molecule is CCn1nccc1C(C)NC(=O)CCc1c[nH]c2ccccc12. The van der Waals surface area contributed by atoms with Crippen molar-refractivity contribution in [3.63, 3.8) is 0 Å². The van der Waals surface area contributed by atoms with Gasteiger partial charge in [-0.2, -0.15) is 5.10 Å². The van der Waals surface area contributed by atoms with E-state index in [1.165, 1.54) is 10.9 Å². The van der Waals surface area contributed by atoms with Crippen LogP contribution >= 0.6 is 0 Å². The fourth-order valence-corrected chi connectivity index (χ4v) is 2.95. The lowest BCUT2D eigenvalue weighted by atomic mass is 10.1. The minimum atomic E-state index is -0.0343. The number of benzene rings is 1. The quantitative estimate of drug-likeness (QED) is 0.734. The molecule has 0 fully saturated rings. The molecule has 1 atom stereocenters. The molecule has 0 bridgehead atoms. The molecule has 0 saturated carbocycles. The molecule has 0 saturated heterocycles. The van der Waals surface area contributed by atoms with Gasteiger partial charge in [0, 0.05) is 36.3 Å². The van der Waals surface area contributed by atoms with Gasteiger partial charge in [0.25, 0.3) is 0 Å². The first-order chi connectivity index (χ1) is 11.2. The molecule has 2 aromatic heterocycles. The van der Waals surface area contributed by atoms with Crippen molar-refractivity contribution in [1.82, 2.24) is 20.1 Å². The Labute approximate surface area is 135 Å². The van der Waals surface area contributed by atoms with E-state index in [2.05, 4.69) is 21.5 Å². The third-order valence-corrected chi connectivity index (χ3v) is 4.17. The summed E-state index contributed by atoms with van der Waals surface area (Å²) in [6, 6.07) is 10.1. The molecule has 23 heavy (non-hydrogen) atoms. The van der Waals surface area contributed by atoms with Gasteiger partial charge in [-0.05, 0) is 38.0 Å². The Morgan fingerprint density at radius 2 is 2.17 bits per heavy atom. The average molecular weight is 310 g/mol. The number of nitrogens with zero attached hydrogens (tertiary/aromatic N) is 2. The highest BCUT2D eigenvalue weighted by Crippen LogP contribution is 2.19. The zero-order valence-corrected chi connectivity index (χ0v) is 13.5. The van der Waals surface area contributed by atoms with Crippen molar-refractivity contribution >= 4 is 16.8 Å². The number of hydrogen-bond donors (Lipinski definition) is 2. The maximum Gasteiger partial charge on any atom is 0.220 e. The highest BCUT2D eigenvalue weighted by Gasteiger charge is 2.14. The minimum absolute atomic E-state index is 0.0343. The summed E-state index contributed by atoms with van der Waals surface area (Å²) in [7, 11) is 0. The third kappa shape index (κ3) is 3.28. The van der Waals surface area contributed by atoms with Crippen LogP contribution in [0.3, 0.4) is 0 Å². The number of rotatable bonds is 6. The second kappa shape index (κ2) is 6.69. The predicted molar refractivity (Wildman–Crippen MR) is 91.1 cm³/mol. The molecule has 0 aliphatic rings. The van der Waals surface area contributed by atoms with Crippen molar-refractivity contribution in [1.29, 1.82) is 0 Å². The van der Waals surface area contributed by atoms with Crippen LogP contribution in [0.25, 0.3) is 10.9 Å². The van der Waals surface area contributed by atoms with Gasteiger partial charge in [-0.3, -0.25) is 9.48 Å². The van der Waals surface area contributed by atoms with Crippen molar-refractivity contribution in [2.45, 2.75) is 39.3 Å². The normalized spacial score (nSPS) is 12.4. The van der Waals surface area contributed by atoms with Crippen LogP contribution in [0.1, 0.15) is 37.6 Å². The van der Waals surface area contributed by atoms with E-state index < -0.39 is 0 Å². The van der Waals surface area contributed by atoms with Crippen molar-refractivity contribution in [3.05, 3.63) is 54.0 Å². The summed E-state index contributed by atoms with van der Waals surface area (Å²) >= 11 is 0. The molecule has 5 nitrogen and oxygen atoms in total. The van der Waals surface area contributed by atoms with E-state index in [1.54, 1.807) is 6.20 Å². The number of carbonyl (C=O) groups is 1. The molecule has 5 heteroatoms. The largest absolute Gasteiger partial charge is 0.361 e. The minimum Gasteiger partial charge on any atom is -0.361 e. The zero-order chi connectivity index (χ0) is 16.2. The molecule has 1 unspecified atom stereocenters. The second-order valence-electron chi connectivity index (χ2n) is 5.72. The van der Waals surface area contributed by atoms with E-state index in [0.29, 0.717) is 6.42 Å². The van der Waals surface area contributed by atoms with E-state index >= 15 is 0 Å². The fourth-order valence-electron chi connectivity index (χ4n) is 2.95. The maximum atomic E-state index is 12.2. The number of para-hydroxylation sites is 1. The van der Waals surface area contributed by atoms with E-state index in [1.807, 2.05) is 49.0 Å². The zero-order valence-electron chi connectivity index (χ0n) is 13.5. The van der Waals surface area contributed by atoms with Crippen LogP contribution in [0.15, 0.2) is 42.7 Å². The number of aromatic nitrogens is 3. The molecule has 3 rings (SSSR count). The van der Waals surface area contributed by atoms with Gasteiger partial charge >= 0.3 is 0 Å². The Balaban J connectivity index is 1.59. The van der Waals surface area contributed by atoms with Crippen molar-refractivity contribution in [2.75, 3.05) is 0 Å². The summed E-state index contributed by atoms with van der Waals surface area (Å²) in [4.78, 5) is 15.5. The molecule has 1 aromatic carbocycles. The molecule has 2 heterocycles. The van der Waals surface area contributed by atoms with Gasteiger partial charge in [0.2, 0.25) is 5.91 Å². The van der Waals surface area contributed by atoms with Crippen LogP contribution < -0.4 is 5.32 Å². The lowest BCUT2D eigenvalue weighted by molar-refractivity contribution is -0.121. The van der Waals surface area contributed by atoms with Crippen molar-refractivity contribution in [3.8, 4) is 0 Å². The van der Waals surface area contributed by atoms with Gasteiger partial charge in [-0.15, -0.1) is 0 Å². The van der Waals surface area contributed by atoms with E-state index in [-0.39, 0.29) is 11.9 Å². The van der Waals surface area contributed by atoms with Crippen molar-refractivity contribution in [2.24, 2.45) is 0 Å². The van der Waals surface area contributed by atoms with Gasteiger partial charge in [-0.25, -0.2) is 0 Å². The molecular weight excluding hydrogens is 288 g/mol. The Kier molecular flexibility index (Phi) is 4.46. The molecule has 0 aliphatic heterocycles. The number of amides is 1. The molecule has 2 N–H and O–H groups in total. The number of aromatic amines is 1. The summed E-state index contributed by atoms with van der Waals surface area (Å²) in [5.41, 5.74) is 3.33. The van der Waals surface area contributed by atoms with Crippen LogP contribution in [0.2, 0.25) is 0 Å². The smallest absolute Gasteiger partial charge is 0.220 e. The van der Waals surface area contributed by atoms with Crippen LogP contribution in [0.4, 0.5) is 0 Å². The van der Waals surface area contributed by atoms with Gasteiger partial charge in [0.15, 0.2) is 0 Å². The maximum absolute atomic E-state index is 12.2. The number of nitrogens with one attached hydrogen (secondary N) is 2. The van der Waals surface area contributed by atoms with Crippen LogP contribution in [-0.4, -0.2) is 20.7 Å². The van der Waals surface area contributed by atoms with Crippen LogP contribution in [0.5, 0.6) is 0 Å². The van der Waals surface area contributed by atoms with E-state index in [9.17, 15) is 4.79 Å². The van der Waals surface area contributed by atoms with Crippen LogP contribution in [-0.2, 0) is 17.8 Å². The van der Waals surface area contributed by atoms with Gasteiger partial charge in [0.1, 0.15) is 0 Å². The molecular formula is C18H22N4O. The Morgan fingerprint density at radius 3 is 3.00 bits per heavy atom. The first-order valence-corrected chi connectivity index (χ1v) is 8.05. The standard InChI is InChI=1S/C18H22N4O/c1-3-22-17(10-11-20-22)13(2)21-18(23)9-8-14-12-19-16-7-5-4-6-15(14)16/h4-7,10-13,19H,3,8-9H2,1-2H3,(H,21,23). The van der Waals surface area contributed by atoms with Gasteiger partial charge < -0.3 is 10.3 Å². The Hall–Kier alpha value is -2.56. The predicted octanol–water partition coefficient (Wildman–Crippen LogP) is 3.19. The first kappa shape index (κ1) is 15.3. The number of hydrogen-bond acceptors (Lipinski definition) is 2. The third-order valence-electron chi connectivity index (χ3n) is 4.17. The summed E-state index contributed by atoms with van der Waals surface area (Å²) < 4.78 is 1.91. The monoisotopic (exact) mass is 310 g/mol. The number of carbonyl (C=O) groups excluding carboxylic acids is 1. The molecule has 3 aromatic rings. The average Bonchev–Trinajstić information content (AvgIpc) is 3.19. The lowest BCUT2D eigenvalue weighted by Gasteiger charge is -2.15. The van der Waals surface area contributed by atoms with Gasteiger partial charge in [0.05, 0.1) is 11.7 Å².